The van der Waals surface area contributed by atoms with Crippen molar-refractivity contribution in [1.29, 1.82) is 0 Å². The lowest BCUT2D eigenvalue weighted by Crippen LogP contribution is -2.47. The van der Waals surface area contributed by atoms with Crippen LogP contribution in [0.1, 0.15) is 108 Å². The average molecular weight is 674 g/mol. The minimum atomic E-state index is -1.07. The number of thioether (sulfide) groups is 1. The maximum absolute atomic E-state index is 13.0. The molecule has 0 spiro atoms. The van der Waals surface area contributed by atoms with Crippen molar-refractivity contribution in [3.05, 3.63) is 23.8 Å². The number of ether oxygens (including phenoxy) is 4. The summed E-state index contributed by atoms with van der Waals surface area (Å²) in [6.45, 7) is 20.4. The van der Waals surface area contributed by atoms with Crippen LogP contribution in [-0.4, -0.2) is 102 Å². The highest BCUT2D eigenvalue weighted by Crippen LogP contribution is 2.35. The molecule has 2 rings (SSSR count). The first kappa shape index (κ1) is 40.5. The second-order valence-corrected chi connectivity index (χ2v) is 17.9. The van der Waals surface area contributed by atoms with E-state index >= 15 is 0 Å². The summed E-state index contributed by atoms with van der Waals surface area (Å²) < 4.78 is 24.0. The van der Waals surface area contributed by atoms with Gasteiger partial charge in [-0.15, -0.1) is 0 Å². The lowest BCUT2D eigenvalue weighted by Gasteiger charge is -2.39. The first-order chi connectivity index (χ1) is 20.8. The molecule has 0 aliphatic heterocycles. The van der Waals surface area contributed by atoms with Gasteiger partial charge in [-0.3, -0.25) is 0 Å². The fourth-order valence-corrected chi connectivity index (χ4v) is 6.10. The van der Waals surface area contributed by atoms with E-state index in [0.29, 0.717) is 5.57 Å². The van der Waals surface area contributed by atoms with Crippen LogP contribution in [0.2, 0.25) is 0 Å². The van der Waals surface area contributed by atoms with E-state index in [1.165, 1.54) is 6.08 Å². The Kier molecular flexibility index (Phi) is 14.2. The Morgan fingerprint density at radius 2 is 1.35 bits per heavy atom. The highest BCUT2D eigenvalue weighted by atomic mass is 32.2. The number of amides is 1. The summed E-state index contributed by atoms with van der Waals surface area (Å²) in [6, 6.07) is 0. The Labute approximate surface area is 279 Å². The number of alkyl carbamates (subject to hydrolysis) is 1. The lowest BCUT2D eigenvalue weighted by atomic mass is 9.86. The van der Waals surface area contributed by atoms with Gasteiger partial charge in [-0.2, -0.15) is 0 Å². The van der Waals surface area contributed by atoms with Gasteiger partial charge in [0.2, 0.25) is 0 Å². The number of carbonyl (C=O) groups is 2. The van der Waals surface area contributed by atoms with Gasteiger partial charge >= 0.3 is 11.4 Å². The number of carbonyl (C=O) groups excluding carboxylic acids is 2. The van der Waals surface area contributed by atoms with Crippen LogP contribution in [-0.2, 0) is 18.9 Å². The summed E-state index contributed by atoms with van der Waals surface area (Å²) in [5.74, 6) is 0. The smallest absolute Gasteiger partial charge is 0.408 e. The number of hydrogen-bond acceptors (Lipinski definition) is 11. The molecule has 0 saturated carbocycles. The maximum Gasteiger partial charge on any atom is 0.408 e. The Hall–Kier alpha value is -1.67. The molecule has 11 nitrogen and oxygen atoms in total. The van der Waals surface area contributed by atoms with Gasteiger partial charge in [-0.1, -0.05) is 32.9 Å². The van der Waals surface area contributed by atoms with Crippen LogP contribution in [0, 0.1) is 0 Å². The molecule has 266 valence electrons. The number of nitrogens with one attached hydrogen (secondary N) is 1. The van der Waals surface area contributed by atoms with E-state index in [1.54, 1.807) is 12.2 Å². The summed E-state index contributed by atoms with van der Waals surface area (Å²) in [4.78, 5) is 25.6. The van der Waals surface area contributed by atoms with Crippen LogP contribution in [0.5, 0.6) is 0 Å². The van der Waals surface area contributed by atoms with E-state index in [1.807, 2.05) is 76.2 Å². The van der Waals surface area contributed by atoms with Crippen LogP contribution >= 0.6 is 11.8 Å². The first-order valence-electron chi connectivity index (χ1n) is 16.2. The molecule has 0 heterocycles. The molecular formula is C34H59NO10S. The van der Waals surface area contributed by atoms with Crippen molar-refractivity contribution in [3.63, 3.8) is 0 Å². The summed E-state index contributed by atoms with van der Waals surface area (Å²) in [6.07, 6.45) is -2.70. The van der Waals surface area contributed by atoms with E-state index in [9.17, 15) is 30.0 Å². The van der Waals surface area contributed by atoms with E-state index < -0.39 is 77.0 Å². The molecular weight excluding hydrogens is 614 g/mol. The third-order valence-electron chi connectivity index (χ3n) is 7.07. The summed E-state index contributed by atoms with van der Waals surface area (Å²) in [5, 5.41) is 45.8. The van der Waals surface area contributed by atoms with Gasteiger partial charge in [0.05, 0.1) is 47.8 Å². The zero-order chi connectivity index (χ0) is 35.3. The molecule has 2 aliphatic rings. The molecule has 0 fully saturated rings. The monoisotopic (exact) mass is 673 g/mol. The fourth-order valence-electron chi connectivity index (χ4n) is 5.43. The van der Waals surface area contributed by atoms with Gasteiger partial charge in [-0.05, 0) is 78.8 Å². The lowest BCUT2D eigenvalue weighted by molar-refractivity contribution is -0.140. The molecule has 2 aliphatic carbocycles. The normalized spacial score (nSPS) is 32.1. The number of rotatable bonds is 7. The van der Waals surface area contributed by atoms with E-state index in [2.05, 4.69) is 5.32 Å². The molecule has 8 atom stereocenters. The highest BCUT2D eigenvalue weighted by molar-refractivity contribution is 8.14. The van der Waals surface area contributed by atoms with Crippen molar-refractivity contribution in [2.24, 2.45) is 0 Å². The largest absolute Gasteiger partial charge is 0.450 e. The number of aliphatic hydroxyl groups excluding tert-OH is 4. The first-order valence-corrected chi connectivity index (χ1v) is 17.0. The third kappa shape index (κ3) is 15.5. The second kappa shape index (κ2) is 16.2. The molecule has 0 saturated heterocycles. The zero-order valence-corrected chi connectivity index (χ0v) is 30.3. The molecule has 0 aromatic rings. The van der Waals surface area contributed by atoms with E-state index in [0.717, 1.165) is 11.8 Å². The number of aliphatic hydroxyl groups is 4. The Morgan fingerprint density at radius 1 is 0.783 bits per heavy atom. The minimum Gasteiger partial charge on any atom is -0.450 e. The second-order valence-electron chi connectivity index (χ2n) is 16.1. The minimum absolute atomic E-state index is 0.0254. The van der Waals surface area contributed by atoms with E-state index in [-0.39, 0.29) is 36.9 Å². The molecule has 0 bridgehead atoms. The van der Waals surface area contributed by atoms with Crippen LogP contribution in [0.15, 0.2) is 23.8 Å². The van der Waals surface area contributed by atoms with Crippen molar-refractivity contribution < 1.29 is 49.0 Å². The van der Waals surface area contributed by atoms with Crippen molar-refractivity contribution in [1.82, 2.24) is 5.32 Å². The van der Waals surface area contributed by atoms with E-state index in [4.69, 9.17) is 18.9 Å². The number of hydrogen-bond donors (Lipinski definition) is 5. The van der Waals surface area contributed by atoms with Crippen LogP contribution in [0.3, 0.4) is 0 Å². The molecule has 12 heteroatoms. The molecule has 0 aromatic heterocycles. The standard InChI is InChI=1S/C34H59NO10S/c1-31(2,3)35-29(40)43-26-18-28(44-32(4,5)6)25(39)16-22(37)14-20(26)19-34(10,11)45-27-17-23(13-12-21(36)15-24(27)38)42-30(41)46-33(7,8)9/h12-14,21-28,36-39H,15-19H2,1-11H3,(H,35,40)/b13-12+,20-14+. The summed E-state index contributed by atoms with van der Waals surface area (Å²) in [7, 11) is 0. The average Bonchev–Trinajstić information content (AvgIpc) is 2.80. The van der Waals surface area contributed by atoms with Crippen molar-refractivity contribution in [3.8, 4) is 0 Å². The summed E-state index contributed by atoms with van der Waals surface area (Å²) in [5.41, 5.74) is -1.59. The Morgan fingerprint density at radius 3 is 1.89 bits per heavy atom. The molecule has 0 radical (unpaired) electrons. The molecule has 0 aromatic carbocycles. The maximum atomic E-state index is 13.0. The Bertz CT molecular complexity index is 1070. The predicted octanol–water partition coefficient (Wildman–Crippen LogP) is 5.17. The van der Waals surface area contributed by atoms with Gasteiger partial charge in [0, 0.05) is 42.4 Å². The molecule has 46 heavy (non-hydrogen) atoms. The third-order valence-corrected chi connectivity index (χ3v) is 7.95. The van der Waals surface area contributed by atoms with Crippen LogP contribution in [0.25, 0.3) is 0 Å². The fraction of sp³-hybridized carbons (Fsp3) is 0.824. The molecule has 1 amide bonds. The van der Waals surface area contributed by atoms with Gasteiger partial charge in [0.25, 0.3) is 0 Å². The van der Waals surface area contributed by atoms with Gasteiger partial charge < -0.3 is 44.7 Å². The SMILES string of the molecule is CC(C)(C)NC(=O)OC1CC(OC(C)(C)C)C(O)CC(O)/C=C/1CC(C)(C)OC1CC(OC(=O)SC(C)(C)C)/C=C/C(O)CC1O. The zero-order valence-electron chi connectivity index (χ0n) is 29.5. The van der Waals surface area contributed by atoms with Gasteiger partial charge in [0.15, 0.2) is 0 Å². The quantitative estimate of drug-likeness (QED) is 0.179. The van der Waals surface area contributed by atoms with Crippen LogP contribution < -0.4 is 5.32 Å². The van der Waals surface area contributed by atoms with Crippen molar-refractivity contribution >= 4 is 23.2 Å². The van der Waals surface area contributed by atoms with Gasteiger partial charge in [-0.25, -0.2) is 9.59 Å². The molecule has 8 unspecified atom stereocenters. The molecule has 5 N–H and O–H groups in total. The van der Waals surface area contributed by atoms with Crippen molar-refractivity contribution in [2.75, 3.05) is 0 Å². The predicted molar refractivity (Wildman–Crippen MR) is 179 cm³/mol. The van der Waals surface area contributed by atoms with Gasteiger partial charge in [0.1, 0.15) is 12.2 Å². The highest BCUT2D eigenvalue weighted by Gasteiger charge is 2.39. The topological polar surface area (TPSA) is 164 Å². The summed E-state index contributed by atoms with van der Waals surface area (Å²) >= 11 is 1.05. The Balaban J connectivity index is 2.37. The van der Waals surface area contributed by atoms with Crippen molar-refractivity contribution in [2.45, 2.75) is 179 Å². The van der Waals surface area contributed by atoms with Crippen LogP contribution in [0.4, 0.5) is 9.59 Å².